The van der Waals surface area contributed by atoms with Gasteiger partial charge in [-0.05, 0) is 30.3 Å². The number of aliphatic hydroxyl groups is 1. The molecule has 0 saturated carbocycles. The lowest BCUT2D eigenvalue weighted by Gasteiger charge is -2.21. The Bertz CT molecular complexity index is 1550. The van der Waals surface area contributed by atoms with E-state index < -0.39 is 17.7 Å². The number of pyridine rings is 1. The van der Waals surface area contributed by atoms with Crippen LogP contribution in [-0.2, 0) is 9.59 Å². The zero-order valence-corrected chi connectivity index (χ0v) is 17.9. The van der Waals surface area contributed by atoms with Gasteiger partial charge >= 0.3 is 5.91 Å². The van der Waals surface area contributed by atoms with Crippen molar-refractivity contribution < 1.29 is 14.7 Å². The van der Waals surface area contributed by atoms with Crippen LogP contribution in [0.5, 0.6) is 0 Å². The lowest BCUT2D eigenvalue weighted by atomic mass is 9.98. The molecule has 5 aromatic rings. The number of aromatic amines is 1. The zero-order chi connectivity index (χ0) is 22.5. The molecule has 8 heteroatoms. The van der Waals surface area contributed by atoms with Crippen LogP contribution >= 0.6 is 11.3 Å². The Morgan fingerprint density at radius 2 is 1.79 bits per heavy atom. The predicted molar refractivity (Wildman–Crippen MR) is 127 cm³/mol. The molecule has 1 fully saturated rings. The van der Waals surface area contributed by atoms with Crippen LogP contribution in [0, 0.1) is 0 Å². The second-order valence-electron chi connectivity index (χ2n) is 7.64. The summed E-state index contributed by atoms with van der Waals surface area (Å²) in [6.45, 7) is 0. The number of carbonyl (C=O) groups excluding carboxylic acids is 2. The van der Waals surface area contributed by atoms with Gasteiger partial charge in [0, 0.05) is 28.9 Å². The molecule has 2 N–H and O–H groups in total. The molecule has 0 bridgehead atoms. The number of benzene rings is 2. The van der Waals surface area contributed by atoms with Crippen molar-refractivity contribution in [2.24, 2.45) is 0 Å². The van der Waals surface area contributed by atoms with E-state index in [1.807, 2.05) is 48.5 Å². The quantitative estimate of drug-likeness (QED) is 0.233. The maximum atomic E-state index is 13.3. The Labute approximate surface area is 191 Å². The Morgan fingerprint density at radius 1 is 1.00 bits per heavy atom. The number of amides is 1. The molecular weight excluding hydrogens is 436 g/mol. The van der Waals surface area contributed by atoms with E-state index in [1.54, 1.807) is 30.6 Å². The van der Waals surface area contributed by atoms with Crippen LogP contribution in [0.3, 0.4) is 0 Å². The van der Waals surface area contributed by atoms with E-state index in [9.17, 15) is 14.7 Å². The SMILES string of the molecule is O=C1C(=O)N(c2nc3ccccc3s2)C(c2ccccn2)/C1=C(\O)c1c[nH]c2ccccc12. The normalized spacial score (nSPS) is 17.9. The van der Waals surface area contributed by atoms with Crippen molar-refractivity contribution in [3.63, 3.8) is 0 Å². The van der Waals surface area contributed by atoms with Gasteiger partial charge in [-0.15, -0.1) is 0 Å². The first-order valence-electron chi connectivity index (χ1n) is 10.3. The van der Waals surface area contributed by atoms with E-state index in [-0.39, 0.29) is 11.3 Å². The molecule has 1 saturated heterocycles. The van der Waals surface area contributed by atoms with Gasteiger partial charge < -0.3 is 10.1 Å². The third-order valence-corrected chi connectivity index (χ3v) is 6.78. The minimum atomic E-state index is -0.902. The summed E-state index contributed by atoms with van der Waals surface area (Å²) in [5.74, 6) is -1.76. The Morgan fingerprint density at radius 3 is 2.61 bits per heavy atom. The highest BCUT2D eigenvalue weighted by molar-refractivity contribution is 7.22. The number of rotatable bonds is 3. The molecule has 160 valence electrons. The van der Waals surface area contributed by atoms with Crippen molar-refractivity contribution >= 4 is 55.0 Å². The van der Waals surface area contributed by atoms with Crippen LogP contribution in [0.15, 0.2) is 84.7 Å². The molecular formula is C25H16N4O3S. The third kappa shape index (κ3) is 2.95. The smallest absolute Gasteiger partial charge is 0.301 e. The molecule has 7 nitrogen and oxygen atoms in total. The van der Waals surface area contributed by atoms with E-state index in [2.05, 4.69) is 15.0 Å². The molecule has 1 amide bonds. The summed E-state index contributed by atoms with van der Waals surface area (Å²) < 4.78 is 0.894. The Balaban J connectivity index is 1.59. The minimum Gasteiger partial charge on any atom is -0.507 e. The van der Waals surface area contributed by atoms with Gasteiger partial charge in [0.25, 0.3) is 5.78 Å². The highest BCUT2D eigenvalue weighted by atomic mass is 32.1. The minimum absolute atomic E-state index is 0.0114. The number of hydrogen-bond donors (Lipinski definition) is 2. The van der Waals surface area contributed by atoms with Gasteiger partial charge in [-0.3, -0.25) is 19.5 Å². The van der Waals surface area contributed by atoms with Crippen LogP contribution in [0.4, 0.5) is 5.13 Å². The average Bonchev–Trinajstić information content (AvgIpc) is 3.53. The van der Waals surface area contributed by atoms with Gasteiger partial charge in [0.1, 0.15) is 11.8 Å². The van der Waals surface area contributed by atoms with E-state index in [0.717, 1.165) is 21.1 Å². The molecule has 0 aliphatic carbocycles. The maximum Gasteiger partial charge on any atom is 0.301 e. The molecule has 0 spiro atoms. The van der Waals surface area contributed by atoms with Crippen LogP contribution in [0.25, 0.3) is 26.9 Å². The maximum absolute atomic E-state index is 13.3. The van der Waals surface area contributed by atoms with E-state index in [1.165, 1.54) is 16.2 Å². The van der Waals surface area contributed by atoms with Crippen molar-refractivity contribution in [3.05, 3.63) is 96.0 Å². The first-order valence-corrected chi connectivity index (χ1v) is 11.1. The molecule has 0 radical (unpaired) electrons. The fourth-order valence-electron chi connectivity index (χ4n) is 4.22. The number of anilines is 1. The van der Waals surface area contributed by atoms with Gasteiger partial charge in [-0.2, -0.15) is 0 Å². The second-order valence-corrected chi connectivity index (χ2v) is 8.64. The van der Waals surface area contributed by atoms with Gasteiger partial charge in [-0.25, -0.2) is 4.98 Å². The molecule has 3 aromatic heterocycles. The fourth-order valence-corrected chi connectivity index (χ4v) is 5.22. The lowest BCUT2D eigenvalue weighted by Crippen LogP contribution is -2.29. The van der Waals surface area contributed by atoms with Crippen molar-refractivity contribution in [1.82, 2.24) is 15.0 Å². The first kappa shape index (κ1) is 19.4. The number of aliphatic hydroxyl groups excluding tert-OH is 1. The van der Waals surface area contributed by atoms with Crippen LogP contribution in [0.1, 0.15) is 17.3 Å². The van der Waals surface area contributed by atoms with E-state index >= 15 is 0 Å². The standard InChI is InChI=1S/C25H16N4O3S/c30-22(15-13-27-16-8-2-1-7-14(15)16)20-21(18-10-5-6-12-26-18)29(24(32)23(20)31)25-28-17-9-3-4-11-19(17)33-25/h1-13,21,27,30H/b22-20+. The number of aromatic nitrogens is 3. The summed E-state index contributed by atoms with van der Waals surface area (Å²) in [5, 5.41) is 12.5. The molecule has 33 heavy (non-hydrogen) atoms. The number of fused-ring (bicyclic) bond motifs is 2. The van der Waals surface area contributed by atoms with E-state index in [4.69, 9.17) is 0 Å². The van der Waals surface area contributed by atoms with Crippen molar-refractivity contribution in [2.75, 3.05) is 4.90 Å². The van der Waals surface area contributed by atoms with Gasteiger partial charge in [0.05, 0.1) is 21.5 Å². The largest absolute Gasteiger partial charge is 0.507 e. The molecule has 1 aliphatic heterocycles. The topological polar surface area (TPSA) is 99.2 Å². The monoisotopic (exact) mass is 452 g/mol. The predicted octanol–water partition coefficient (Wildman–Crippen LogP) is 4.80. The van der Waals surface area contributed by atoms with E-state index in [0.29, 0.717) is 16.4 Å². The Hall–Kier alpha value is -4.30. The van der Waals surface area contributed by atoms with Crippen LogP contribution in [-0.4, -0.2) is 31.7 Å². The summed E-state index contributed by atoms with van der Waals surface area (Å²) in [7, 11) is 0. The molecule has 1 aliphatic rings. The molecule has 6 rings (SSSR count). The van der Waals surface area contributed by atoms with Crippen molar-refractivity contribution in [1.29, 1.82) is 0 Å². The number of para-hydroxylation sites is 2. The van der Waals surface area contributed by atoms with Gasteiger partial charge in [0.2, 0.25) is 0 Å². The van der Waals surface area contributed by atoms with Gasteiger partial charge in [-0.1, -0.05) is 47.7 Å². The number of carbonyl (C=O) groups is 2. The van der Waals surface area contributed by atoms with Crippen LogP contribution in [0.2, 0.25) is 0 Å². The highest BCUT2D eigenvalue weighted by Gasteiger charge is 2.49. The number of H-pyrrole nitrogens is 1. The average molecular weight is 452 g/mol. The second kappa shape index (κ2) is 7.39. The first-order chi connectivity index (χ1) is 16.1. The van der Waals surface area contributed by atoms with Crippen LogP contribution < -0.4 is 4.90 Å². The molecule has 1 atom stereocenters. The fraction of sp³-hybridized carbons (Fsp3) is 0.0400. The third-order valence-electron chi connectivity index (χ3n) is 5.75. The number of ketones is 1. The van der Waals surface area contributed by atoms with Crippen molar-refractivity contribution in [3.8, 4) is 0 Å². The lowest BCUT2D eigenvalue weighted by molar-refractivity contribution is -0.132. The zero-order valence-electron chi connectivity index (χ0n) is 17.1. The number of thiazole rings is 1. The molecule has 2 aromatic carbocycles. The Kier molecular flexibility index (Phi) is 4.34. The summed E-state index contributed by atoms with van der Waals surface area (Å²) in [6.07, 6.45) is 3.24. The number of Topliss-reactive ketones (excluding diaryl/α,β-unsaturated/α-hetero) is 1. The van der Waals surface area contributed by atoms with Crippen molar-refractivity contribution in [2.45, 2.75) is 6.04 Å². The molecule has 4 heterocycles. The number of nitrogens with one attached hydrogen (secondary N) is 1. The summed E-state index contributed by atoms with van der Waals surface area (Å²) >= 11 is 1.32. The number of nitrogens with zero attached hydrogens (tertiary/aromatic N) is 3. The summed E-state index contributed by atoms with van der Waals surface area (Å²) in [5.41, 5.74) is 2.46. The summed E-state index contributed by atoms with van der Waals surface area (Å²) in [4.78, 5) is 40.0. The summed E-state index contributed by atoms with van der Waals surface area (Å²) in [6, 6.07) is 19.4. The number of hydrogen-bond acceptors (Lipinski definition) is 6. The molecule has 1 unspecified atom stereocenters. The highest BCUT2D eigenvalue weighted by Crippen LogP contribution is 2.44. The van der Waals surface area contributed by atoms with Gasteiger partial charge in [0.15, 0.2) is 5.13 Å².